The van der Waals surface area contributed by atoms with E-state index in [2.05, 4.69) is 42.8 Å². The number of ketones is 1. The molecule has 0 amide bonds. The number of anilines is 1. The smallest absolute Gasteiger partial charge is 0.345 e. The van der Waals surface area contributed by atoms with E-state index in [0.717, 1.165) is 35.7 Å². The van der Waals surface area contributed by atoms with Crippen LogP contribution in [0.1, 0.15) is 61.5 Å². The monoisotopic (exact) mass is 520 g/mol. The molecule has 0 bridgehead atoms. The van der Waals surface area contributed by atoms with Crippen LogP contribution < -0.4 is 5.32 Å². The average molecular weight is 521 g/mol. The number of esters is 1. The number of carbonyl (C=O) groups excluding carboxylic acids is 2. The molecule has 1 aliphatic carbocycles. The zero-order chi connectivity index (χ0) is 27.1. The van der Waals surface area contributed by atoms with Gasteiger partial charge in [-0.25, -0.2) is 4.79 Å². The topological polar surface area (TPSA) is 60.3 Å². The van der Waals surface area contributed by atoms with Crippen molar-refractivity contribution in [2.24, 2.45) is 17.8 Å². The van der Waals surface area contributed by atoms with Gasteiger partial charge in [0.25, 0.3) is 0 Å². The third-order valence-corrected chi connectivity index (χ3v) is 8.75. The second kappa shape index (κ2) is 10.0. The first kappa shape index (κ1) is 25.4. The van der Waals surface area contributed by atoms with Crippen LogP contribution >= 0.6 is 0 Å². The van der Waals surface area contributed by atoms with E-state index in [1.165, 1.54) is 0 Å². The molecule has 0 radical (unpaired) electrons. The van der Waals surface area contributed by atoms with Crippen LogP contribution in [0.25, 0.3) is 10.9 Å². The number of carbonyl (C=O) groups is 2. The molecule has 2 heterocycles. The molecule has 39 heavy (non-hydrogen) atoms. The Kier molecular flexibility index (Phi) is 6.54. The highest BCUT2D eigenvalue weighted by atomic mass is 16.5. The number of fused-ring (bicyclic) bond motifs is 2. The number of nitrogens with one attached hydrogen (secondary N) is 1. The standard InChI is InChI=1S/C34H36N2O3/c1-22(2)25-18-17-23(3)19-31(25)39-33(38)34(32(37)27-14-7-9-15-29(27)35-34)28-21-36(20-24-11-5-4-6-12-24)30-16-10-8-13-26(28)30/h4-16,21-23,25,31,35H,17-20H2,1-3H3/t23-,25+,31-,34+/m1/s1. The van der Waals surface area contributed by atoms with Gasteiger partial charge in [-0.2, -0.15) is 0 Å². The summed E-state index contributed by atoms with van der Waals surface area (Å²) in [6.07, 6.45) is 4.74. The Morgan fingerprint density at radius 3 is 2.49 bits per heavy atom. The molecule has 1 saturated carbocycles. The number of hydrogen-bond donors (Lipinski definition) is 1. The molecule has 0 unspecified atom stereocenters. The first-order chi connectivity index (χ1) is 18.9. The Morgan fingerprint density at radius 2 is 1.72 bits per heavy atom. The molecule has 1 aliphatic heterocycles. The van der Waals surface area contributed by atoms with Crippen molar-refractivity contribution in [2.75, 3.05) is 5.32 Å². The highest BCUT2D eigenvalue weighted by molar-refractivity contribution is 6.26. The molecule has 5 heteroatoms. The fourth-order valence-corrected chi connectivity index (χ4v) is 6.63. The number of para-hydroxylation sites is 2. The van der Waals surface area contributed by atoms with E-state index in [0.29, 0.717) is 35.2 Å². The van der Waals surface area contributed by atoms with Crippen LogP contribution in [0.2, 0.25) is 0 Å². The molecular formula is C34H36N2O3. The minimum Gasteiger partial charge on any atom is -0.460 e. The number of ether oxygens (including phenoxy) is 1. The summed E-state index contributed by atoms with van der Waals surface area (Å²) in [6, 6.07) is 25.6. The quantitative estimate of drug-likeness (QED) is 0.216. The van der Waals surface area contributed by atoms with Crippen molar-refractivity contribution < 1.29 is 14.3 Å². The fraction of sp³-hybridized carbons (Fsp3) is 0.353. The van der Waals surface area contributed by atoms with Gasteiger partial charge in [-0.1, -0.05) is 87.9 Å². The molecular weight excluding hydrogens is 484 g/mol. The van der Waals surface area contributed by atoms with Gasteiger partial charge in [0, 0.05) is 40.5 Å². The van der Waals surface area contributed by atoms with Crippen molar-refractivity contribution >= 4 is 28.3 Å². The summed E-state index contributed by atoms with van der Waals surface area (Å²) in [5.41, 5.74) is 2.30. The average Bonchev–Trinajstić information content (AvgIpc) is 3.45. The molecule has 6 rings (SSSR count). The molecule has 3 aromatic carbocycles. The van der Waals surface area contributed by atoms with Crippen molar-refractivity contribution in [3.63, 3.8) is 0 Å². The van der Waals surface area contributed by atoms with Crippen LogP contribution in [0.5, 0.6) is 0 Å². The van der Waals surface area contributed by atoms with E-state index in [-0.39, 0.29) is 17.8 Å². The van der Waals surface area contributed by atoms with Crippen LogP contribution in [-0.2, 0) is 21.6 Å². The predicted molar refractivity (Wildman–Crippen MR) is 155 cm³/mol. The Hall–Kier alpha value is -3.86. The zero-order valence-corrected chi connectivity index (χ0v) is 22.9. The zero-order valence-electron chi connectivity index (χ0n) is 22.9. The lowest BCUT2D eigenvalue weighted by atomic mass is 9.75. The molecule has 4 aromatic rings. The SMILES string of the molecule is CC(C)[C@@H]1CC[C@@H](C)C[C@H]1OC(=O)[C@@]1(c2cn(Cc3ccccc3)c3ccccc23)Nc2ccccc2C1=O. The Bertz CT molecular complexity index is 1520. The normalized spacial score (nSPS) is 24.5. The summed E-state index contributed by atoms with van der Waals surface area (Å²) >= 11 is 0. The maximum atomic E-state index is 14.5. The van der Waals surface area contributed by atoms with E-state index in [1.807, 2.05) is 66.9 Å². The van der Waals surface area contributed by atoms with Gasteiger partial charge in [-0.3, -0.25) is 4.79 Å². The second-order valence-corrected chi connectivity index (χ2v) is 11.7. The predicted octanol–water partition coefficient (Wildman–Crippen LogP) is 7.20. The molecule has 4 atom stereocenters. The minimum absolute atomic E-state index is 0.214. The van der Waals surface area contributed by atoms with Gasteiger partial charge in [0.1, 0.15) is 6.10 Å². The van der Waals surface area contributed by atoms with Crippen LogP contribution in [0.15, 0.2) is 85.1 Å². The van der Waals surface area contributed by atoms with E-state index < -0.39 is 11.5 Å². The number of aromatic nitrogens is 1. The third kappa shape index (κ3) is 4.34. The highest BCUT2D eigenvalue weighted by Gasteiger charge is 2.56. The number of benzene rings is 3. The number of rotatable bonds is 6. The van der Waals surface area contributed by atoms with Gasteiger partial charge in [-0.05, 0) is 54.4 Å². The molecule has 5 nitrogen and oxygen atoms in total. The molecule has 1 N–H and O–H groups in total. The number of nitrogens with zero attached hydrogens (tertiary/aromatic N) is 1. The van der Waals surface area contributed by atoms with Crippen molar-refractivity contribution in [2.45, 2.75) is 58.2 Å². The van der Waals surface area contributed by atoms with Gasteiger partial charge in [0.2, 0.25) is 11.3 Å². The van der Waals surface area contributed by atoms with Crippen molar-refractivity contribution in [3.8, 4) is 0 Å². The first-order valence-electron chi connectivity index (χ1n) is 14.1. The Balaban J connectivity index is 1.48. The van der Waals surface area contributed by atoms with Gasteiger partial charge < -0.3 is 14.6 Å². The minimum atomic E-state index is -1.65. The second-order valence-electron chi connectivity index (χ2n) is 11.7. The Labute approximate surface area is 230 Å². The van der Waals surface area contributed by atoms with E-state index >= 15 is 0 Å². The van der Waals surface area contributed by atoms with Gasteiger partial charge >= 0.3 is 5.97 Å². The molecule has 1 aromatic heterocycles. The first-order valence-corrected chi connectivity index (χ1v) is 14.1. The van der Waals surface area contributed by atoms with E-state index in [1.54, 1.807) is 6.07 Å². The van der Waals surface area contributed by atoms with Gasteiger partial charge in [0.15, 0.2) is 0 Å². The van der Waals surface area contributed by atoms with E-state index in [4.69, 9.17) is 4.74 Å². The molecule has 2 aliphatic rings. The van der Waals surface area contributed by atoms with Crippen molar-refractivity contribution in [1.82, 2.24) is 4.57 Å². The summed E-state index contributed by atoms with van der Waals surface area (Å²) in [5, 5.41) is 4.26. The van der Waals surface area contributed by atoms with Crippen LogP contribution in [0.4, 0.5) is 5.69 Å². The number of Topliss-reactive ketones (excluding diaryl/α,β-unsaturated/α-hetero) is 1. The summed E-state index contributed by atoms with van der Waals surface area (Å²) in [5.74, 6) is 0.390. The molecule has 1 fully saturated rings. The summed E-state index contributed by atoms with van der Waals surface area (Å²) in [6.45, 7) is 7.24. The van der Waals surface area contributed by atoms with Crippen LogP contribution in [-0.4, -0.2) is 22.4 Å². The number of hydrogen-bond acceptors (Lipinski definition) is 4. The lowest BCUT2D eigenvalue weighted by Crippen LogP contribution is -2.50. The van der Waals surface area contributed by atoms with Crippen molar-refractivity contribution in [3.05, 3.63) is 102 Å². The maximum absolute atomic E-state index is 14.5. The summed E-state index contributed by atoms with van der Waals surface area (Å²) in [4.78, 5) is 28.8. The maximum Gasteiger partial charge on any atom is 0.345 e. The van der Waals surface area contributed by atoms with Gasteiger partial charge in [0.05, 0.1) is 0 Å². The summed E-state index contributed by atoms with van der Waals surface area (Å²) < 4.78 is 8.56. The van der Waals surface area contributed by atoms with Crippen LogP contribution in [0.3, 0.4) is 0 Å². The lowest BCUT2D eigenvalue weighted by molar-refractivity contribution is -0.159. The fourth-order valence-electron chi connectivity index (χ4n) is 6.63. The summed E-state index contributed by atoms with van der Waals surface area (Å²) in [7, 11) is 0. The molecule has 0 spiro atoms. The molecule has 200 valence electrons. The van der Waals surface area contributed by atoms with E-state index in [9.17, 15) is 9.59 Å². The Morgan fingerprint density at radius 1 is 1.00 bits per heavy atom. The van der Waals surface area contributed by atoms with Gasteiger partial charge in [-0.15, -0.1) is 0 Å². The highest BCUT2D eigenvalue weighted by Crippen LogP contribution is 2.45. The van der Waals surface area contributed by atoms with Crippen molar-refractivity contribution in [1.29, 1.82) is 0 Å². The lowest BCUT2D eigenvalue weighted by Gasteiger charge is -2.38. The largest absolute Gasteiger partial charge is 0.460 e. The molecule has 0 saturated heterocycles. The third-order valence-electron chi connectivity index (χ3n) is 8.75. The van der Waals surface area contributed by atoms with Crippen LogP contribution in [0, 0.1) is 17.8 Å².